The lowest BCUT2D eigenvalue weighted by Gasteiger charge is -2.33. The van der Waals surface area contributed by atoms with Gasteiger partial charge in [0, 0.05) is 41.7 Å². The van der Waals surface area contributed by atoms with E-state index in [0.717, 1.165) is 73.6 Å². The molecule has 0 unspecified atom stereocenters. The fourth-order valence-electron chi connectivity index (χ4n) is 6.12. The predicted molar refractivity (Wildman–Crippen MR) is 159 cm³/mol. The zero-order chi connectivity index (χ0) is 28.6. The molecule has 0 saturated carbocycles. The van der Waals surface area contributed by atoms with Crippen LogP contribution in [0.5, 0.6) is 5.75 Å². The molecule has 0 radical (unpaired) electrons. The zero-order valence-electron chi connectivity index (χ0n) is 23.8. The van der Waals surface area contributed by atoms with Crippen LogP contribution in [-0.2, 0) is 29.4 Å². The molecule has 3 aliphatic rings. The lowest BCUT2D eigenvalue weighted by Crippen LogP contribution is -2.38. The van der Waals surface area contributed by atoms with E-state index in [1.165, 1.54) is 5.56 Å². The second-order valence-corrected chi connectivity index (χ2v) is 14.0. The van der Waals surface area contributed by atoms with Gasteiger partial charge < -0.3 is 20.7 Å². The number of nitrogens with two attached hydrogens (primary N) is 1. The molecule has 0 spiro atoms. The summed E-state index contributed by atoms with van der Waals surface area (Å²) in [6, 6.07) is 7.56. The monoisotopic (exact) mass is 577 g/mol. The van der Waals surface area contributed by atoms with Crippen LogP contribution >= 0.6 is 0 Å². The number of hydrogen-bond donors (Lipinski definition) is 3. The second kappa shape index (κ2) is 11.2. The maximum absolute atomic E-state index is 13.2. The number of fused-ring (bicyclic) bond motifs is 2. The lowest BCUT2D eigenvalue weighted by atomic mass is 9.76. The van der Waals surface area contributed by atoms with Gasteiger partial charge in [-0.2, -0.15) is 0 Å². The van der Waals surface area contributed by atoms with Gasteiger partial charge in [0.1, 0.15) is 35.2 Å². The number of sulfonamides is 1. The van der Waals surface area contributed by atoms with E-state index in [2.05, 4.69) is 44.8 Å². The van der Waals surface area contributed by atoms with Crippen LogP contribution < -0.4 is 25.4 Å². The van der Waals surface area contributed by atoms with Crippen LogP contribution in [0, 0.1) is 11.3 Å². The van der Waals surface area contributed by atoms with Crippen molar-refractivity contribution in [2.45, 2.75) is 57.4 Å². The average Bonchev–Trinajstić information content (AvgIpc) is 3.18. The molecule has 1 aromatic carbocycles. The molecule has 1 fully saturated rings. The van der Waals surface area contributed by atoms with Crippen LogP contribution in [0.3, 0.4) is 0 Å². The molecule has 1 atom stereocenters. The van der Waals surface area contributed by atoms with Crippen molar-refractivity contribution in [1.82, 2.24) is 25.0 Å². The van der Waals surface area contributed by atoms with E-state index >= 15 is 0 Å². The summed E-state index contributed by atoms with van der Waals surface area (Å²) in [6.07, 6.45) is 8.37. The Labute approximate surface area is 242 Å². The minimum absolute atomic E-state index is 0.00168. The van der Waals surface area contributed by atoms with Crippen molar-refractivity contribution in [1.29, 1.82) is 0 Å². The number of pyridine rings is 1. The number of benzene rings is 1. The number of aromatic nitrogens is 3. The maximum atomic E-state index is 13.2. The van der Waals surface area contributed by atoms with Crippen molar-refractivity contribution in [2.75, 3.05) is 43.4 Å². The number of hydrogen-bond acceptors (Lipinski definition) is 9. The summed E-state index contributed by atoms with van der Waals surface area (Å²) in [5, 5.41) is 3.32. The van der Waals surface area contributed by atoms with Crippen molar-refractivity contribution < 1.29 is 13.2 Å². The van der Waals surface area contributed by atoms with Crippen molar-refractivity contribution >= 4 is 21.7 Å². The van der Waals surface area contributed by atoms with Crippen LogP contribution in [0.15, 0.2) is 41.7 Å². The first-order chi connectivity index (χ1) is 19.7. The molecule has 218 valence electrons. The highest BCUT2D eigenvalue weighted by atomic mass is 32.2. The Morgan fingerprint density at radius 2 is 2.07 bits per heavy atom. The first-order valence-corrected chi connectivity index (χ1v) is 16.0. The van der Waals surface area contributed by atoms with Crippen molar-refractivity contribution in [3.05, 3.63) is 53.6 Å². The van der Waals surface area contributed by atoms with Crippen LogP contribution in [0.2, 0.25) is 0 Å². The first-order valence-electron chi connectivity index (χ1n) is 14.5. The van der Waals surface area contributed by atoms with Gasteiger partial charge in [0.15, 0.2) is 0 Å². The van der Waals surface area contributed by atoms with Crippen molar-refractivity contribution in [3.8, 4) is 16.9 Å². The third-order valence-corrected chi connectivity index (χ3v) is 9.96. The molecule has 2 aliphatic heterocycles. The Kier molecular flexibility index (Phi) is 7.60. The SMILES string of the molecule is CC1(C)CCc2ncnc(N3CCOc4ccc(-c5cnc(N)c(S(=O)(=O)NC[C@H]6CCCNC6)c5)cc4C3)c2C1. The highest BCUT2D eigenvalue weighted by Gasteiger charge is 2.31. The van der Waals surface area contributed by atoms with Gasteiger partial charge in [0.2, 0.25) is 10.0 Å². The molecular formula is C30H39N7O3S. The fraction of sp³-hybridized carbons (Fsp3) is 0.500. The topological polar surface area (TPSA) is 135 Å². The summed E-state index contributed by atoms with van der Waals surface area (Å²) in [5.74, 6) is 2.05. The Morgan fingerprint density at radius 1 is 1.20 bits per heavy atom. The van der Waals surface area contributed by atoms with E-state index < -0.39 is 10.0 Å². The standard InChI is InChI=1S/C30H39N7O3S/c1-30(2)8-7-25-24(14-30)29(35-19-34-25)37-10-11-40-26-6-5-21(12-23(26)18-37)22-13-27(28(31)33-17-22)41(38,39)36-16-20-4-3-9-32-15-20/h5-6,12-13,17,19-20,32,36H,3-4,7-11,14-16,18H2,1-2H3,(H2,31,33)/t20-/m0/s1. The van der Waals surface area contributed by atoms with Gasteiger partial charge in [-0.25, -0.2) is 28.1 Å². The summed E-state index contributed by atoms with van der Waals surface area (Å²) in [4.78, 5) is 15.9. The van der Waals surface area contributed by atoms with Crippen molar-refractivity contribution in [3.63, 3.8) is 0 Å². The summed E-state index contributed by atoms with van der Waals surface area (Å²) in [7, 11) is -3.82. The summed E-state index contributed by atoms with van der Waals surface area (Å²) in [6.45, 7) is 8.64. The van der Waals surface area contributed by atoms with Crippen LogP contribution in [-0.4, -0.2) is 56.2 Å². The summed E-state index contributed by atoms with van der Waals surface area (Å²) >= 11 is 0. The van der Waals surface area contributed by atoms with Crippen LogP contribution in [0.25, 0.3) is 11.1 Å². The summed E-state index contributed by atoms with van der Waals surface area (Å²) < 4.78 is 35.3. The van der Waals surface area contributed by atoms with Gasteiger partial charge in [0.05, 0.1) is 6.54 Å². The molecule has 3 aromatic rings. The van der Waals surface area contributed by atoms with E-state index in [9.17, 15) is 8.42 Å². The Bertz CT molecular complexity index is 1540. The molecule has 10 nitrogen and oxygen atoms in total. The van der Waals surface area contributed by atoms with Gasteiger partial charge >= 0.3 is 0 Å². The Morgan fingerprint density at radius 3 is 2.90 bits per heavy atom. The van der Waals surface area contributed by atoms with Crippen LogP contribution in [0.1, 0.15) is 49.9 Å². The van der Waals surface area contributed by atoms with E-state index in [-0.39, 0.29) is 22.0 Å². The number of piperidine rings is 1. The third-order valence-electron chi connectivity index (χ3n) is 8.51. The number of ether oxygens (including phenoxy) is 1. The second-order valence-electron chi connectivity index (χ2n) is 12.2. The minimum atomic E-state index is -3.82. The van der Waals surface area contributed by atoms with Gasteiger partial charge in [0.25, 0.3) is 0 Å². The van der Waals surface area contributed by atoms with E-state index in [0.29, 0.717) is 31.8 Å². The number of rotatable bonds is 6. The zero-order valence-corrected chi connectivity index (χ0v) is 24.6. The highest BCUT2D eigenvalue weighted by Crippen LogP contribution is 2.39. The largest absolute Gasteiger partial charge is 0.491 e. The quantitative estimate of drug-likeness (QED) is 0.403. The molecule has 6 rings (SSSR count). The first kappa shape index (κ1) is 27.9. The molecule has 0 amide bonds. The number of anilines is 2. The average molecular weight is 578 g/mol. The molecule has 0 bridgehead atoms. The van der Waals surface area contributed by atoms with Crippen molar-refractivity contribution in [2.24, 2.45) is 11.3 Å². The molecule has 4 heterocycles. The molecule has 41 heavy (non-hydrogen) atoms. The molecule has 11 heteroatoms. The lowest BCUT2D eigenvalue weighted by molar-refractivity contribution is 0.310. The number of nitrogens with zero attached hydrogens (tertiary/aromatic N) is 4. The Balaban J connectivity index is 1.27. The van der Waals surface area contributed by atoms with E-state index in [1.54, 1.807) is 18.6 Å². The third kappa shape index (κ3) is 6.02. The predicted octanol–water partition coefficient (Wildman–Crippen LogP) is 3.31. The molecule has 4 N–H and O–H groups in total. The number of nitrogens with one attached hydrogen (secondary N) is 2. The van der Waals surface area contributed by atoms with Gasteiger partial charge in [-0.1, -0.05) is 19.9 Å². The molecule has 1 saturated heterocycles. The normalized spacial score (nSPS) is 20.4. The molecule has 1 aliphatic carbocycles. The Hall–Kier alpha value is -3.28. The van der Waals surface area contributed by atoms with Gasteiger partial charge in [-0.15, -0.1) is 0 Å². The van der Waals surface area contributed by atoms with Gasteiger partial charge in [-0.05, 0) is 80.3 Å². The van der Waals surface area contributed by atoms with Crippen LogP contribution in [0.4, 0.5) is 11.6 Å². The summed E-state index contributed by atoms with van der Waals surface area (Å²) in [5.41, 5.74) is 11.2. The van der Waals surface area contributed by atoms with Gasteiger partial charge in [-0.3, -0.25) is 0 Å². The highest BCUT2D eigenvalue weighted by molar-refractivity contribution is 7.89. The molecule has 2 aromatic heterocycles. The maximum Gasteiger partial charge on any atom is 0.244 e. The van der Waals surface area contributed by atoms with E-state index in [4.69, 9.17) is 15.5 Å². The number of aryl methyl sites for hydroxylation is 1. The van der Waals surface area contributed by atoms with E-state index in [1.807, 2.05) is 12.1 Å². The fourth-order valence-corrected chi connectivity index (χ4v) is 7.34. The molecular weight excluding hydrogens is 538 g/mol. The number of nitrogen functional groups attached to an aromatic ring is 1. The smallest absolute Gasteiger partial charge is 0.244 e. The minimum Gasteiger partial charge on any atom is -0.491 e.